The van der Waals surface area contributed by atoms with Gasteiger partial charge >= 0.3 is 5.97 Å². The molecule has 2 rings (SSSR count). The Hall–Kier alpha value is -0.970. The van der Waals surface area contributed by atoms with Crippen LogP contribution in [-0.4, -0.2) is 19.4 Å². The zero-order valence-electron chi connectivity index (χ0n) is 9.40. The first-order chi connectivity index (χ1) is 8.11. The van der Waals surface area contributed by atoms with E-state index in [0.717, 1.165) is 4.90 Å². The minimum absolute atomic E-state index is 0.0995. The van der Waals surface area contributed by atoms with Crippen LogP contribution < -0.4 is 0 Å². The molecule has 1 heterocycles. The standard InChI is InChI=1S/C12H11ClO3S/c1-7-3-5-8(6-4-7)17-10-9(13)11(14)16-12(10)15-2/h3-6,12H,1-2H3. The molecule has 0 amide bonds. The van der Waals surface area contributed by atoms with Crippen molar-refractivity contribution in [3.8, 4) is 0 Å². The molecule has 0 N–H and O–H groups in total. The van der Waals surface area contributed by atoms with Crippen LogP contribution in [0, 0.1) is 6.92 Å². The minimum atomic E-state index is -0.693. The van der Waals surface area contributed by atoms with Crippen molar-refractivity contribution < 1.29 is 14.3 Å². The second-order valence-corrected chi connectivity index (χ2v) is 5.06. The predicted molar refractivity (Wildman–Crippen MR) is 66.8 cm³/mol. The first-order valence-electron chi connectivity index (χ1n) is 5.00. The number of esters is 1. The van der Waals surface area contributed by atoms with E-state index in [1.807, 2.05) is 31.2 Å². The van der Waals surface area contributed by atoms with Gasteiger partial charge in [-0.1, -0.05) is 41.1 Å². The third-order valence-electron chi connectivity index (χ3n) is 2.29. The maximum absolute atomic E-state index is 11.3. The lowest BCUT2D eigenvalue weighted by atomic mass is 10.2. The van der Waals surface area contributed by atoms with E-state index in [1.165, 1.54) is 24.4 Å². The smallest absolute Gasteiger partial charge is 0.353 e. The molecule has 0 bridgehead atoms. The summed E-state index contributed by atoms with van der Waals surface area (Å²) in [7, 11) is 1.48. The molecule has 0 saturated heterocycles. The number of cyclic esters (lactones) is 1. The molecule has 1 aliphatic rings. The average Bonchev–Trinajstić information content (AvgIpc) is 2.59. The second-order valence-electron chi connectivity index (χ2n) is 3.57. The lowest BCUT2D eigenvalue weighted by molar-refractivity contribution is -0.154. The summed E-state index contributed by atoms with van der Waals surface area (Å²) in [6, 6.07) is 7.92. The van der Waals surface area contributed by atoms with E-state index in [4.69, 9.17) is 21.1 Å². The van der Waals surface area contributed by atoms with E-state index in [1.54, 1.807) is 0 Å². The molecule has 3 nitrogen and oxygen atoms in total. The Morgan fingerprint density at radius 3 is 2.59 bits per heavy atom. The van der Waals surface area contributed by atoms with Gasteiger partial charge in [-0.3, -0.25) is 0 Å². The van der Waals surface area contributed by atoms with Crippen LogP contribution in [-0.2, 0) is 14.3 Å². The Morgan fingerprint density at radius 1 is 1.35 bits per heavy atom. The van der Waals surface area contributed by atoms with Gasteiger partial charge < -0.3 is 9.47 Å². The van der Waals surface area contributed by atoms with Crippen LogP contribution in [0.5, 0.6) is 0 Å². The number of methoxy groups -OCH3 is 1. The molecule has 17 heavy (non-hydrogen) atoms. The lowest BCUT2D eigenvalue weighted by Gasteiger charge is -2.11. The highest BCUT2D eigenvalue weighted by Gasteiger charge is 2.33. The summed E-state index contributed by atoms with van der Waals surface area (Å²) in [5, 5.41) is 0.0995. The van der Waals surface area contributed by atoms with E-state index < -0.39 is 12.3 Å². The zero-order chi connectivity index (χ0) is 12.4. The predicted octanol–water partition coefficient (Wildman–Crippen LogP) is 3.07. The molecule has 1 unspecified atom stereocenters. The Morgan fingerprint density at radius 2 is 2.00 bits per heavy atom. The van der Waals surface area contributed by atoms with Crippen molar-refractivity contribution in [2.75, 3.05) is 7.11 Å². The van der Waals surface area contributed by atoms with Gasteiger partial charge in [0.15, 0.2) is 0 Å². The quantitative estimate of drug-likeness (QED) is 0.791. The molecule has 0 spiro atoms. The first-order valence-corrected chi connectivity index (χ1v) is 6.19. The van der Waals surface area contributed by atoms with Crippen molar-refractivity contribution in [3.05, 3.63) is 39.8 Å². The van der Waals surface area contributed by atoms with Crippen LogP contribution in [0.2, 0.25) is 0 Å². The molecule has 0 fully saturated rings. The summed E-state index contributed by atoms with van der Waals surface area (Å²) >= 11 is 7.27. The van der Waals surface area contributed by atoms with E-state index in [-0.39, 0.29) is 5.03 Å². The van der Waals surface area contributed by atoms with Gasteiger partial charge in [-0.25, -0.2) is 4.79 Å². The summed E-state index contributed by atoms with van der Waals surface area (Å²) in [5.74, 6) is -0.534. The van der Waals surface area contributed by atoms with Crippen LogP contribution in [0.25, 0.3) is 0 Å². The molecule has 0 aromatic heterocycles. The molecular formula is C12H11ClO3S. The summed E-state index contributed by atoms with van der Waals surface area (Å²) in [5.41, 5.74) is 1.18. The largest absolute Gasteiger partial charge is 0.426 e. The molecule has 0 saturated carbocycles. The topological polar surface area (TPSA) is 35.5 Å². The van der Waals surface area contributed by atoms with Crippen LogP contribution in [0.3, 0.4) is 0 Å². The van der Waals surface area contributed by atoms with Crippen LogP contribution in [0.1, 0.15) is 5.56 Å². The number of aryl methyl sites for hydroxylation is 1. The van der Waals surface area contributed by atoms with Crippen molar-refractivity contribution in [1.29, 1.82) is 0 Å². The Bertz CT molecular complexity index is 467. The summed E-state index contributed by atoms with van der Waals surface area (Å²) in [6.07, 6.45) is -0.693. The number of rotatable bonds is 3. The highest BCUT2D eigenvalue weighted by molar-refractivity contribution is 8.03. The number of hydrogen-bond acceptors (Lipinski definition) is 4. The maximum Gasteiger partial charge on any atom is 0.353 e. The van der Waals surface area contributed by atoms with Gasteiger partial charge in [0.1, 0.15) is 5.03 Å². The number of carbonyl (C=O) groups excluding carboxylic acids is 1. The van der Waals surface area contributed by atoms with Gasteiger partial charge in [-0.05, 0) is 19.1 Å². The summed E-state index contributed by atoms with van der Waals surface area (Å²) in [4.78, 5) is 12.9. The highest BCUT2D eigenvalue weighted by Crippen LogP contribution is 2.38. The average molecular weight is 271 g/mol. The SMILES string of the molecule is COC1OC(=O)C(Cl)=C1Sc1ccc(C)cc1. The molecule has 1 aromatic rings. The monoisotopic (exact) mass is 270 g/mol. The van der Waals surface area contributed by atoms with Crippen molar-refractivity contribution in [2.45, 2.75) is 18.1 Å². The molecule has 1 aromatic carbocycles. The van der Waals surface area contributed by atoms with Crippen molar-refractivity contribution >= 4 is 29.3 Å². The first kappa shape index (κ1) is 12.5. The number of halogens is 1. The molecule has 0 radical (unpaired) electrons. The minimum Gasteiger partial charge on any atom is -0.426 e. The Balaban J connectivity index is 2.22. The second kappa shape index (κ2) is 5.12. The third kappa shape index (κ3) is 2.65. The summed E-state index contributed by atoms with van der Waals surface area (Å²) in [6.45, 7) is 2.01. The normalized spacial score (nSPS) is 19.7. The Labute approximate surface area is 109 Å². The van der Waals surface area contributed by atoms with Crippen LogP contribution in [0.4, 0.5) is 0 Å². The van der Waals surface area contributed by atoms with E-state index in [0.29, 0.717) is 4.91 Å². The van der Waals surface area contributed by atoms with Gasteiger partial charge in [0.05, 0.1) is 4.91 Å². The molecule has 1 aliphatic heterocycles. The molecular weight excluding hydrogens is 260 g/mol. The van der Waals surface area contributed by atoms with Crippen molar-refractivity contribution in [2.24, 2.45) is 0 Å². The van der Waals surface area contributed by atoms with E-state index >= 15 is 0 Å². The third-order valence-corrected chi connectivity index (χ3v) is 3.88. The van der Waals surface area contributed by atoms with Crippen LogP contribution in [0.15, 0.2) is 39.1 Å². The fourth-order valence-electron chi connectivity index (χ4n) is 1.39. The van der Waals surface area contributed by atoms with Gasteiger partial charge in [0.2, 0.25) is 6.29 Å². The maximum atomic E-state index is 11.3. The van der Waals surface area contributed by atoms with Crippen molar-refractivity contribution in [1.82, 2.24) is 0 Å². The number of benzene rings is 1. The molecule has 5 heteroatoms. The fraction of sp³-hybridized carbons (Fsp3) is 0.250. The van der Waals surface area contributed by atoms with Crippen molar-refractivity contribution in [3.63, 3.8) is 0 Å². The van der Waals surface area contributed by atoms with E-state index in [9.17, 15) is 4.79 Å². The van der Waals surface area contributed by atoms with Gasteiger partial charge in [0.25, 0.3) is 0 Å². The fourth-order valence-corrected chi connectivity index (χ4v) is 2.58. The van der Waals surface area contributed by atoms with Gasteiger partial charge in [-0.15, -0.1) is 0 Å². The molecule has 1 atom stereocenters. The molecule has 90 valence electrons. The van der Waals surface area contributed by atoms with Crippen LogP contribution >= 0.6 is 23.4 Å². The number of carbonyl (C=O) groups is 1. The molecule has 0 aliphatic carbocycles. The lowest BCUT2D eigenvalue weighted by Crippen LogP contribution is -2.12. The Kier molecular flexibility index (Phi) is 3.76. The zero-order valence-corrected chi connectivity index (χ0v) is 11.0. The highest BCUT2D eigenvalue weighted by atomic mass is 35.5. The number of ether oxygens (including phenoxy) is 2. The number of hydrogen-bond donors (Lipinski definition) is 0. The van der Waals surface area contributed by atoms with Gasteiger partial charge in [0, 0.05) is 12.0 Å². The summed E-state index contributed by atoms with van der Waals surface area (Å²) < 4.78 is 10.00. The van der Waals surface area contributed by atoms with E-state index in [2.05, 4.69) is 0 Å². The van der Waals surface area contributed by atoms with Gasteiger partial charge in [-0.2, -0.15) is 0 Å². The number of thioether (sulfide) groups is 1.